The summed E-state index contributed by atoms with van der Waals surface area (Å²) in [7, 11) is -3.92. The number of sulfonamides is 1. The lowest BCUT2D eigenvalue weighted by atomic mass is 10.0. The standard InChI is InChI=1S/C12H15Br2NO4S/c1-3-7(2)11(12(16)17)15-20(18,19)10-6-8(13)4-5-9(10)14/h4-7,11,15H,3H2,1-2H3,(H,16,17)/t7?,11-/m0/s1. The van der Waals surface area contributed by atoms with E-state index in [2.05, 4.69) is 36.6 Å². The second-order valence-corrected chi connectivity index (χ2v) is 7.85. The van der Waals surface area contributed by atoms with Crippen LogP contribution in [0.5, 0.6) is 0 Å². The minimum Gasteiger partial charge on any atom is -0.480 e. The van der Waals surface area contributed by atoms with Gasteiger partial charge in [0.25, 0.3) is 0 Å². The zero-order chi connectivity index (χ0) is 15.5. The average molecular weight is 429 g/mol. The molecular formula is C12H15Br2NO4S. The number of carbonyl (C=O) groups is 1. The van der Waals surface area contributed by atoms with Crippen LogP contribution in [0.4, 0.5) is 0 Å². The molecule has 0 aliphatic carbocycles. The Balaban J connectivity index is 3.16. The van der Waals surface area contributed by atoms with Crippen molar-refractivity contribution >= 4 is 47.9 Å². The number of aliphatic carboxylic acids is 1. The fraction of sp³-hybridized carbons (Fsp3) is 0.417. The van der Waals surface area contributed by atoms with Gasteiger partial charge in [-0.2, -0.15) is 4.72 Å². The van der Waals surface area contributed by atoms with Crippen molar-refractivity contribution in [2.75, 3.05) is 0 Å². The summed E-state index contributed by atoms with van der Waals surface area (Å²) in [5, 5.41) is 9.16. The van der Waals surface area contributed by atoms with Gasteiger partial charge in [-0.1, -0.05) is 36.2 Å². The summed E-state index contributed by atoms with van der Waals surface area (Å²) >= 11 is 6.36. The van der Waals surface area contributed by atoms with Crippen LogP contribution >= 0.6 is 31.9 Å². The Morgan fingerprint density at radius 3 is 2.50 bits per heavy atom. The average Bonchev–Trinajstić information content (AvgIpc) is 2.37. The number of halogens is 2. The minimum atomic E-state index is -3.92. The highest BCUT2D eigenvalue weighted by molar-refractivity contribution is 9.11. The van der Waals surface area contributed by atoms with Gasteiger partial charge in [0.1, 0.15) is 6.04 Å². The molecule has 0 aromatic heterocycles. The third kappa shape index (κ3) is 4.28. The smallest absolute Gasteiger partial charge is 0.322 e. The molecule has 20 heavy (non-hydrogen) atoms. The van der Waals surface area contributed by atoms with Gasteiger partial charge in [0.2, 0.25) is 10.0 Å². The van der Waals surface area contributed by atoms with Crippen LogP contribution in [-0.4, -0.2) is 25.5 Å². The van der Waals surface area contributed by atoms with Gasteiger partial charge in [0.05, 0.1) is 4.90 Å². The largest absolute Gasteiger partial charge is 0.480 e. The van der Waals surface area contributed by atoms with Gasteiger partial charge >= 0.3 is 5.97 Å². The molecule has 0 aliphatic heterocycles. The van der Waals surface area contributed by atoms with E-state index < -0.39 is 22.0 Å². The number of rotatable bonds is 6. The molecule has 8 heteroatoms. The predicted molar refractivity (Wildman–Crippen MR) is 83.0 cm³/mol. The van der Waals surface area contributed by atoms with Crippen LogP contribution in [0.3, 0.4) is 0 Å². The molecule has 0 spiro atoms. The third-order valence-corrected chi connectivity index (χ3v) is 5.87. The van der Waals surface area contributed by atoms with Crippen LogP contribution in [0.2, 0.25) is 0 Å². The van der Waals surface area contributed by atoms with Crippen LogP contribution in [0, 0.1) is 5.92 Å². The molecule has 0 amide bonds. The third-order valence-electron chi connectivity index (χ3n) is 2.94. The van der Waals surface area contributed by atoms with Crippen LogP contribution in [0.1, 0.15) is 20.3 Å². The van der Waals surface area contributed by atoms with E-state index in [0.29, 0.717) is 15.4 Å². The Kier molecular flexibility index (Phi) is 6.18. The van der Waals surface area contributed by atoms with Crippen molar-refractivity contribution in [1.82, 2.24) is 4.72 Å². The summed E-state index contributed by atoms with van der Waals surface area (Å²) in [6, 6.07) is 3.53. The lowest BCUT2D eigenvalue weighted by Crippen LogP contribution is -2.44. The van der Waals surface area contributed by atoms with E-state index in [-0.39, 0.29) is 10.8 Å². The molecule has 2 atom stereocenters. The molecule has 2 N–H and O–H groups in total. The van der Waals surface area contributed by atoms with Crippen molar-refractivity contribution in [3.05, 3.63) is 27.1 Å². The SMILES string of the molecule is CCC(C)[C@H](NS(=O)(=O)c1cc(Br)ccc1Br)C(=O)O. The van der Waals surface area contributed by atoms with Crippen molar-refractivity contribution < 1.29 is 18.3 Å². The van der Waals surface area contributed by atoms with Crippen molar-refractivity contribution in [2.24, 2.45) is 5.92 Å². The molecule has 112 valence electrons. The Morgan fingerprint density at radius 2 is 2.00 bits per heavy atom. The molecule has 1 rings (SSSR count). The Bertz CT molecular complexity index is 603. The predicted octanol–water partition coefficient (Wildman–Crippen LogP) is 2.99. The van der Waals surface area contributed by atoms with Gasteiger partial charge in [-0.05, 0) is 40.0 Å². The highest BCUT2D eigenvalue weighted by Crippen LogP contribution is 2.26. The first-order chi connectivity index (χ1) is 9.19. The molecule has 5 nitrogen and oxygen atoms in total. The van der Waals surface area contributed by atoms with Crippen molar-refractivity contribution in [2.45, 2.75) is 31.2 Å². The summed E-state index contributed by atoms with van der Waals surface area (Å²) < 4.78 is 27.9. The zero-order valence-electron chi connectivity index (χ0n) is 10.9. The Labute approximate surface area is 135 Å². The van der Waals surface area contributed by atoms with E-state index in [1.807, 2.05) is 6.92 Å². The summed E-state index contributed by atoms with van der Waals surface area (Å²) in [5.74, 6) is -1.50. The van der Waals surface area contributed by atoms with Gasteiger partial charge in [-0.3, -0.25) is 4.79 Å². The number of carboxylic acid groups (broad SMARTS) is 1. The van der Waals surface area contributed by atoms with E-state index in [9.17, 15) is 13.2 Å². The molecule has 0 heterocycles. The molecule has 1 aromatic rings. The number of hydrogen-bond donors (Lipinski definition) is 2. The summed E-state index contributed by atoms with van der Waals surface area (Å²) in [4.78, 5) is 11.2. The van der Waals surface area contributed by atoms with Crippen LogP contribution in [0.15, 0.2) is 32.0 Å². The molecule has 0 bridgehead atoms. The summed E-state index contributed by atoms with van der Waals surface area (Å²) in [5.41, 5.74) is 0. The number of hydrogen-bond acceptors (Lipinski definition) is 3. The van der Waals surface area contributed by atoms with Gasteiger partial charge < -0.3 is 5.11 Å². The zero-order valence-corrected chi connectivity index (χ0v) is 14.9. The minimum absolute atomic E-state index is 0.00132. The van der Waals surface area contributed by atoms with E-state index >= 15 is 0 Å². The van der Waals surface area contributed by atoms with Crippen LogP contribution in [0.25, 0.3) is 0 Å². The van der Waals surface area contributed by atoms with Gasteiger partial charge in [-0.25, -0.2) is 8.42 Å². The maximum atomic E-state index is 12.3. The van der Waals surface area contributed by atoms with Crippen molar-refractivity contribution in [1.29, 1.82) is 0 Å². The molecule has 0 fully saturated rings. The molecule has 0 aliphatic rings. The molecule has 1 aromatic carbocycles. The molecule has 0 saturated heterocycles. The molecule has 1 unspecified atom stereocenters. The van der Waals surface area contributed by atoms with Gasteiger partial charge in [0.15, 0.2) is 0 Å². The fourth-order valence-electron chi connectivity index (χ4n) is 1.56. The van der Waals surface area contributed by atoms with Crippen LogP contribution in [-0.2, 0) is 14.8 Å². The first-order valence-corrected chi connectivity index (χ1v) is 8.96. The Morgan fingerprint density at radius 1 is 1.40 bits per heavy atom. The van der Waals surface area contributed by atoms with Crippen molar-refractivity contribution in [3.63, 3.8) is 0 Å². The highest BCUT2D eigenvalue weighted by Gasteiger charge is 2.30. The number of benzene rings is 1. The second-order valence-electron chi connectivity index (χ2n) is 4.40. The van der Waals surface area contributed by atoms with Gasteiger partial charge in [-0.15, -0.1) is 0 Å². The maximum absolute atomic E-state index is 12.3. The summed E-state index contributed by atoms with van der Waals surface area (Å²) in [6.45, 7) is 3.50. The first-order valence-electron chi connectivity index (χ1n) is 5.89. The number of carboxylic acids is 1. The number of nitrogens with one attached hydrogen (secondary N) is 1. The Hall–Kier alpha value is -0.440. The quantitative estimate of drug-likeness (QED) is 0.729. The first kappa shape index (κ1) is 17.6. The topological polar surface area (TPSA) is 83.5 Å². The summed E-state index contributed by atoms with van der Waals surface area (Å²) in [6.07, 6.45) is 0.555. The second kappa shape index (κ2) is 7.02. The highest BCUT2D eigenvalue weighted by atomic mass is 79.9. The van der Waals surface area contributed by atoms with E-state index in [0.717, 1.165) is 0 Å². The van der Waals surface area contributed by atoms with E-state index in [4.69, 9.17) is 5.11 Å². The normalized spacial score (nSPS) is 14.8. The maximum Gasteiger partial charge on any atom is 0.322 e. The molecular weight excluding hydrogens is 414 g/mol. The lowest BCUT2D eigenvalue weighted by molar-refractivity contribution is -0.140. The molecule has 0 saturated carbocycles. The van der Waals surface area contributed by atoms with Crippen LogP contribution < -0.4 is 4.72 Å². The fourth-order valence-corrected chi connectivity index (χ4v) is 4.36. The van der Waals surface area contributed by atoms with E-state index in [1.165, 1.54) is 6.07 Å². The lowest BCUT2D eigenvalue weighted by Gasteiger charge is -2.20. The van der Waals surface area contributed by atoms with E-state index in [1.54, 1.807) is 19.1 Å². The van der Waals surface area contributed by atoms with Crippen molar-refractivity contribution in [3.8, 4) is 0 Å². The monoisotopic (exact) mass is 427 g/mol. The van der Waals surface area contributed by atoms with Gasteiger partial charge in [0, 0.05) is 8.95 Å². The molecule has 0 radical (unpaired) electrons.